The van der Waals surface area contributed by atoms with Gasteiger partial charge in [-0.05, 0) is 53.5 Å². The van der Waals surface area contributed by atoms with Crippen molar-refractivity contribution in [3.05, 3.63) is 52.8 Å². The van der Waals surface area contributed by atoms with Crippen LogP contribution in [0.15, 0.2) is 47.2 Å². The number of benzene rings is 1. The molecule has 102 valence electrons. The second kappa shape index (κ2) is 5.29. The lowest BCUT2D eigenvalue weighted by molar-refractivity contribution is 0.338. The summed E-state index contributed by atoms with van der Waals surface area (Å²) in [5.74, 6) is 0.911. The van der Waals surface area contributed by atoms with Crippen LogP contribution in [0, 0.1) is 6.92 Å². The lowest BCUT2D eigenvalue weighted by Crippen LogP contribution is -1.94. The molecule has 0 saturated heterocycles. The van der Waals surface area contributed by atoms with E-state index < -0.39 is 0 Å². The van der Waals surface area contributed by atoms with Crippen LogP contribution >= 0.6 is 15.9 Å². The molecule has 2 aromatic heterocycles. The third-order valence-electron chi connectivity index (χ3n) is 3.23. The van der Waals surface area contributed by atoms with E-state index in [4.69, 9.17) is 4.74 Å². The third-order valence-corrected chi connectivity index (χ3v) is 3.99. The summed E-state index contributed by atoms with van der Waals surface area (Å²) in [5, 5.41) is 0. The second-order valence-corrected chi connectivity index (χ2v) is 5.34. The zero-order valence-electron chi connectivity index (χ0n) is 11.4. The summed E-state index contributed by atoms with van der Waals surface area (Å²) >= 11 is 3.63. The van der Waals surface area contributed by atoms with Crippen molar-refractivity contribution < 1.29 is 4.74 Å². The van der Waals surface area contributed by atoms with Crippen molar-refractivity contribution in [2.45, 2.75) is 13.8 Å². The van der Waals surface area contributed by atoms with Crippen molar-refractivity contribution in [1.29, 1.82) is 0 Å². The van der Waals surface area contributed by atoms with E-state index in [2.05, 4.69) is 33.0 Å². The summed E-state index contributed by atoms with van der Waals surface area (Å²) in [4.78, 5) is 4.67. The fourth-order valence-electron chi connectivity index (χ4n) is 2.21. The summed E-state index contributed by atoms with van der Waals surface area (Å²) < 4.78 is 8.64. The van der Waals surface area contributed by atoms with Crippen LogP contribution in [0.2, 0.25) is 0 Å². The Labute approximate surface area is 126 Å². The molecule has 0 fully saturated rings. The molecule has 0 saturated carbocycles. The first-order valence-electron chi connectivity index (χ1n) is 6.57. The molecular formula is C16H15BrN2O. The van der Waals surface area contributed by atoms with Crippen LogP contribution in [0.25, 0.3) is 16.9 Å². The molecule has 2 heterocycles. The van der Waals surface area contributed by atoms with E-state index in [1.807, 2.05) is 48.7 Å². The van der Waals surface area contributed by atoms with E-state index in [0.717, 1.165) is 32.8 Å². The molecule has 0 unspecified atom stereocenters. The maximum Gasteiger partial charge on any atom is 0.138 e. The number of aromatic nitrogens is 2. The highest BCUT2D eigenvalue weighted by Crippen LogP contribution is 2.32. The Balaban J connectivity index is 2.15. The molecule has 0 aliphatic rings. The number of aryl methyl sites for hydroxylation is 1. The average molecular weight is 331 g/mol. The first kappa shape index (κ1) is 13.2. The zero-order valence-corrected chi connectivity index (χ0v) is 13.0. The number of hydrogen-bond donors (Lipinski definition) is 0. The summed E-state index contributed by atoms with van der Waals surface area (Å²) in [6, 6.07) is 12.2. The van der Waals surface area contributed by atoms with Gasteiger partial charge in [0.05, 0.1) is 6.61 Å². The summed E-state index contributed by atoms with van der Waals surface area (Å²) in [6.07, 6.45) is 1.99. The number of fused-ring (bicyclic) bond motifs is 1. The van der Waals surface area contributed by atoms with E-state index >= 15 is 0 Å². The lowest BCUT2D eigenvalue weighted by Gasteiger charge is -2.08. The van der Waals surface area contributed by atoms with Crippen molar-refractivity contribution >= 4 is 21.6 Å². The van der Waals surface area contributed by atoms with Crippen molar-refractivity contribution in [2.24, 2.45) is 0 Å². The quantitative estimate of drug-likeness (QED) is 0.708. The number of pyridine rings is 1. The number of hydrogen-bond acceptors (Lipinski definition) is 2. The Morgan fingerprint density at radius 1 is 1.25 bits per heavy atom. The molecule has 3 nitrogen and oxygen atoms in total. The van der Waals surface area contributed by atoms with Gasteiger partial charge in [-0.15, -0.1) is 0 Å². The Morgan fingerprint density at radius 3 is 2.85 bits per heavy atom. The highest BCUT2D eigenvalue weighted by Gasteiger charge is 2.12. The van der Waals surface area contributed by atoms with Gasteiger partial charge >= 0.3 is 0 Å². The molecule has 0 aliphatic carbocycles. The predicted molar refractivity (Wildman–Crippen MR) is 84.2 cm³/mol. The van der Waals surface area contributed by atoms with Gasteiger partial charge in [-0.3, -0.25) is 4.40 Å². The highest BCUT2D eigenvalue weighted by atomic mass is 79.9. The largest absolute Gasteiger partial charge is 0.494 e. The van der Waals surface area contributed by atoms with Gasteiger partial charge < -0.3 is 4.74 Å². The van der Waals surface area contributed by atoms with E-state index in [0.29, 0.717) is 6.61 Å². The van der Waals surface area contributed by atoms with Gasteiger partial charge in [-0.1, -0.05) is 18.2 Å². The average Bonchev–Trinajstić information content (AvgIpc) is 2.79. The van der Waals surface area contributed by atoms with Crippen molar-refractivity contribution in [1.82, 2.24) is 9.38 Å². The SMILES string of the molecule is CCOc1cc(-c2nc3ccccn3c2Br)ccc1C. The lowest BCUT2D eigenvalue weighted by atomic mass is 10.1. The molecular weight excluding hydrogens is 316 g/mol. The fourth-order valence-corrected chi connectivity index (χ4v) is 2.83. The third kappa shape index (κ3) is 2.20. The van der Waals surface area contributed by atoms with E-state index in [-0.39, 0.29) is 0 Å². The van der Waals surface area contributed by atoms with Crippen LogP contribution in [0.3, 0.4) is 0 Å². The molecule has 0 atom stereocenters. The molecule has 3 rings (SSSR count). The minimum atomic E-state index is 0.663. The van der Waals surface area contributed by atoms with Crippen LogP contribution < -0.4 is 4.74 Å². The summed E-state index contributed by atoms with van der Waals surface area (Å²) in [6.45, 7) is 4.71. The zero-order chi connectivity index (χ0) is 14.1. The van der Waals surface area contributed by atoms with Gasteiger partial charge in [0.2, 0.25) is 0 Å². The maximum atomic E-state index is 5.66. The number of halogens is 1. The molecule has 0 N–H and O–H groups in total. The second-order valence-electron chi connectivity index (χ2n) is 4.59. The van der Waals surface area contributed by atoms with Crippen molar-refractivity contribution in [3.63, 3.8) is 0 Å². The molecule has 0 aliphatic heterocycles. The first-order chi connectivity index (χ1) is 9.70. The monoisotopic (exact) mass is 330 g/mol. The maximum absolute atomic E-state index is 5.66. The molecule has 20 heavy (non-hydrogen) atoms. The number of imidazole rings is 1. The fraction of sp³-hybridized carbons (Fsp3) is 0.188. The van der Waals surface area contributed by atoms with Crippen LogP contribution in [0.1, 0.15) is 12.5 Å². The van der Waals surface area contributed by atoms with Gasteiger partial charge in [0, 0.05) is 11.8 Å². The molecule has 3 aromatic rings. The molecule has 0 bridgehead atoms. The highest BCUT2D eigenvalue weighted by molar-refractivity contribution is 9.10. The van der Waals surface area contributed by atoms with Gasteiger partial charge in [0.1, 0.15) is 21.7 Å². The smallest absolute Gasteiger partial charge is 0.138 e. The normalized spacial score (nSPS) is 10.9. The first-order valence-corrected chi connectivity index (χ1v) is 7.36. The van der Waals surface area contributed by atoms with Crippen LogP contribution in [-0.4, -0.2) is 16.0 Å². The molecule has 1 aromatic carbocycles. The predicted octanol–water partition coefficient (Wildman–Crippen LogP) is 4.47. The topological polar surface area (TPSA) is 26.5 Å². The standard InChI is InChI=1S/C16H15BrN2O/c1-3-20-13-10-12(8-7-11(13)2)15-16(17)19-9-5-4-6-14(19)18-15/h4-10H,3H2,1-2H3. The van der Waals surface area contributed by atoms with Gasteiger partial charge in [0.15, 0.2) is 0 Å². The van der Waals surface area contributed by atoms with Crippen molar-refractivity contribution in [3.8, 4) is 17.0 Å². The summed E-state index contributed by atoms with van der Waals surface area (Å²) in [7, 11) is 0. The van der Waals surface area contributed by atoms with Crippen LogP contribution in [0.4, 0.5) is 0 Å². The van der Waals surface area contributed by atoms with Gasteiger partial charge in [-0.25, -0.2) is 4.98 Å². The van der Waals surface area contributed by atoms with Gasteiger partial charge in [-0.2, -0.15) is 0 Å². The molecule has 0 radical (unpaired) electrons. The van der Waals surface area contributed by atoms with E-state index in [1.165, 1.54) is 0 Å². The molecule has 4 heteroatoms. The van der Waals surface area contributed by atoms with E-state index in [9.17, 15) is 0 Å². The van der Waals surface area contributed by atoms with Crippen LogP contribution in [-0.2, 0) is 0 Å². The van der Waals surface area contributed by atoms with E-state index in [1.54, 1.807) is 0 Å². The van der Waals surface area contributed by atoms with Crippen LogP contribution in [0.5, 0.6) is 5.75 Å². The minimum absolute atomic E-state index is 0.663. The Hall–Kier alpha value is -1.81. The van der Waals surface area contributed by atoms with Gasteiger partial charge in [0.25, 0.3) is 0 Å². The summed E-state index contributed by atoms with van der Waals surface area (Å²) in [5.41, 5.74) is 4.04. The van der Waals surface area contributed by atoms with Crippen molar-refractivity contribution in [2.75, 3.05) is 6.61 Å². The Bertz CT molecular complexity index is 764. The minimum Gasteiger partial charge on any atom is -0.494 e. The Morgan fingerprint density at radius 2 is 2.10 bits per heavy atom. The number of ether oxygens (including phenoxy) is 1. The Kier molecular flexibility index (Phi) is 3.49. The molecule has 0 spiro atoms. The number of rotatable bonds is 3. The molecule has 0 amide bonds. The number of nitrogens with zero attached hydrogens (tertiary/aromatic N) is 2.